The molecule has 5 nitrogen and oxygen atoms in total. The maximum absolute atomic E-state index is 12.8. The van der Waals surface area contributed by atoms with Crippen LogP contribution in [-0.2, 0) is 16.6 Å². The van der Waals surface area contributed by atoms with Crippen molar-refractivity contribution in [3.8, 4) is 0 Å². The molecule has 1 N–H and O–H groups in total. The van der Waals surface area contributed by atoms with Gasteiger partial charge in [0, 0.05) is 34.9 Å². The van der Waals surface area contributed by atoms with E-state index >= 15 is 0 Å². The number of carbonyl (C=O) groups excluding carboxylic acids is 1. The lowest BCUT2D eigenvalue weighted by Gasteiger charge is -2.17. The van der Waals surface area contributed by atoms with Crippen LogP contribution in [0.25, 0.3) is 0 Å². The summed E-state index contributed by atoms with van der Waals surface area (Å²) in [5, 5.41) is 3.48. The van der Waals surface area contributed by atoms with E-state index < -0.39 is 15.9 Å². The maximum Gasteiger partial charge on any atom is 0.255 e. The van der Waals surface area contributed by atoms with Crippen molar-refractivity contribution in [2.75, 3.05) is 12.4 Å². The molecular weight excluding hydrogens is 431 g/mol. The number of amides is 1. The molecule has 3 aromatic carbocycles. The third kappa shape index (κ3) is 5.36. The number of nitrogens with one attached hydrogen (secondary N) is 1. The zero-order valence-electron chi connectivity index (χ0n) is 15.5. The van der Waals surface area contributed by atoms with Crippen LogP contribution in [0.1, 0.15) is 15.9 Å². The molecule has 0 spiro atoms. The summed E-state index contributed by atoms with van der Waals surface area (Å²) in [5.74, 6) is -0.398. The van der Waals surface area contributed by atoms with Gasteiger partial charge in [-0.05, 0) is 48.0 Å². The molecule has 0 atom stereocenters. The Morgan fingerprint density at radius 2 is 1.52 bits per heavy atom. The largest absolute Gasteiger partial charge is 0.322 e. The fraction of sp³-hybridized carbons (Fsp3) is 0.0952. The molecular formula is C21H18Cl2N2O3S. The molecule has 0 bridgehead atoms. The van der Waals surface area contributed by atoms with Crippen molar-refractivity contribution in [3.05, 3.63) is 94.0 Å². The Kier molecular flexibility index (Phi) is 6.59. The summed E-state index contributed by atoms with van der Waals surface area (Å²) < 4.78 is 26.8. The minimum atomic E-state index is -3.68. The van der Waals surface area contributed by atoms with Crippen molar-refractivity contribution in [3.63, 3.8) is 0 Å². The van der Waals surface area contributed by atoms with E-state index in [1.54, 1.807) is 18.2 Å². The molecule has 0 saturated carbocycles. The molecule has 0 aliphatic carbocycles. The Balaban J connectivity index is 1.73. The predicted molar refractivity (Wildman–Crippen MR) is 116 cm³/mol. The quantitative estimate of drug-likeness (QED) is 0.572. The molecule has 0 aromatic heterocycles. The molecule has 0 radical (unpaired) electrons. The van der Waals surface area contributed by atoms with Gasteiger partial charge >= 0.3 is 0 Å². The zero-order valence-corrected chi connectivity index (χ0v) is 17.8. The summed E-state index contributed by atoms with van der Waals surface area (Å²) in [7, 11) is -2.16. The van der Waals surface area contributed by atoms with Gasteiger partial charge in [0.1, 0.15) is 0 Å². The second-order valence-electron chi connectivity index (χ2n) is 6.38. The summed E-state index contributed by atoms with van der Waals surface area (Å²) >= 11 is 11.9. The predicted octanol–water partition coefficient (Wildman–Crippen LogP) is 5.07. The number of benzene rings is 3. The van der Waals surface area contributed by atoms with Gasteiger partial charge in [-0.3, -0.25) is 4.79 Å². The lowest BCUT2D eigenvalue weighted by Crippen LogP contribution is -2.26. The van der Waals surface area contributed by atoms with Gasteiger partial charge in [-0.1, -0.05) is 53.5 Å². The number of carbonyl (C=O) groups is 1. The van der Waals surface area contributed by atoms with Crippen molar-refractivity contribution >= 4 is 44.8 Å². The van der Waals surface area contributed by atoms with E-state index in [-0.39, 0.29) is 11.4 Å². The lowest BCUT2D eigenvalue weighted by atomic mass is 10.2. The Morgan fingerprint density at radius 3 is 2.10 bits per heavy atom. The van der Waals surface area contributed by atoms with Crippen molar-refractivity contribution in [1.29, 1.82) is 0 Å². The van der Waals surface area contributed by atoms with E-state index in [2.05, 4.69) is 5.32 Å². The molecule has 3 rings (SSSR count). The van der Waals surface area contributed by atoms with Gasteiger partial charge in [-0.2, -0.15) is 4.31 Å². The number of hydrogen-bond donors (Lipinski definition) is 1. The Hall–Kier alpha value is -2.38. The van der Waals surface area contributed by atoms with Gasteiger partial charge in [-0.25, -0.2) is 8.42 Å². The van der Waals surface area contributed by atoms with Crippen LogP contribution in [0.2, 0.25) is 10.0 Å². The summed E-state index contributed by atoms with van der Waals surface area (Å²) in [6.07, 6.45) is 0. The Bertz CT molecular complexity index is 1100. The molecule has 29 heavy (non-hydrogen) atoms. The minimum absolute atomic E-state index is 0.110. The zero-order chi connectivity index (χ0) is 21.0. The number of anilines is 1. The SMILES string of the molecule is CN(Cc1ccccc1)S(=O)(=O)c1ccc(C(=O)Nc2cc(Cl)cc(Cl)c2)cc1. The fourth-order valence-electron chi connectivity index (χ4n) is 2.71. The smallest absolute Gasteiger partial charge is 0.255 e. The van der Waals surface area contributed by atoms with Crippen LogP contribution in [0.5, 0.6) is 0 Å². The lowest BCUT2D eigenvalue weighted by molar-refractivity contribution is 0.102. The van der Waals surface area contributed by atoms with Crippen LogP contribution >= 0.6 is 23.2 Å². The first-order valence-electron chi connectivity index (χ1n) is 8.63. The van der Waals surface area contributed by atoms with Gasteiger partial charge in [0.25, 0.3) is 5.91 Å². The summed E-state index contributed by atoms with van der Waals surface area (Å²) in [5.41, 5.74) is 1.65. The van der Waals surface area contributed by atoms with Crippen LogP contribution in [0, 0.1) is 0 Å². The maximum atomic E-state index is 12.8. The van der Waals surface area contributed by atoms with Crippen molar-refractivity contribution in [2.24, 2.45) is 0 Å². The number of halogens is 2. The van der Waals surface area contributed by atoms with E-state index in [0.29, 0.717) is 21.3 Å². The van der Waals surface area contributed by atoms with Crippen LogP contribution in [-0.4, -0.2) is 25.7 Å². The summed E-state index contributed by atoms with van der Waals surface area (Å²) in [4.78, 5) is 12.5. The van der Waals surface area contributed by atoms with Crippen molar-refractivity contribution in [1.82, 2.24) is 4.31 Å². The van der Waals surface area contributed by atoms with E-state index in [4.69, 9.17) is 23.2 Å². The average Bonchev–Trinajstić information content (AvgIpc) is 2.68. The van der Waals surface area contributed by atoms with Crippen LogP contribution in [0.4, 0.5) is 5.69 Å². The Morgan fingerprint density at radius 1 is 0.931 bits per heavy atom. The molecule has 0 aliphatic heterocycles. The van der Waals surface area contributed by atoms with Crippen LogP contribution in [0.3, 0.4) is 0 Å². The topological polar surface area (TPSA) is 66.5 Å². The number of rotatable bonds is 6. The highest BCUT2D eigenvalue weighted by Crippen LogP contribution is 2.23. The normalized spacial score (nSPS) is 11.4. The molecule has 0 aliphatic rings. The molecule has 8 heteroatoms. The molecule has 0 unspecified atom stereocenters. The summed E-state index contributed by atoms with van der Waals surface area (Å²) in [6.45, 7) is 0.251. The fourth-order valence-corrected chi connectivity index (χ4v) is 4.40. The Labute approximate surface area is 179 Å². The number of nitrogens with zero attached hydrogens (tertiary/aromatic N) is 1. The molecule has 150 valence electrons. The van der Waals surface area contributed by atoms with Crippen molar-refractivity contribution < 1.29 is 13.2 Å². The van der Waals surface area contributed by atoms with Gasteiger partial charge in [0.05, 0.1) is 4.90 Å². The molecule has 3 aromatic rings. The number of hydrogen-bond acceptors (Lipinski definition) is 3. The van der Waals surface area contributed by atoms with Crippen LogP contribution in [0.15, 0.2) is 77.7 Å². The first-order valence-corrected chi connectivity index (χ1v) is 10.8. The molecule has 0 fully saturated rings. The second-order valence-corrected chi connectivity index (χ2v) is 9.30. The van der Waals surface area contributed by atoms with E-state index in [1.807, 2.05) is 30.3 Å². The molecule has 0 saturated heterocycles. The monoisotopic (exact) mass is 448 g/mol. The van der Waals surface area contributed by atoms with Crippen molar-refractivity contribution in [2.45, 2.75) is 11.4 Å². The van der Waals surface area contributed by atoms with Gasteiger partial charge < -0.3 is 5.32 Å². The summed E-state index contributed by atoms with van der Waals surface area (Å²) in [6, 6.07) is 19.8. The number of sulfonamides is 1. The highest BCUT2D eigenvalue weighted by Gasteiger charge is 2.21. The van der Waals surface area contributed by atoms with Gasteiger partial charge in [0.15, 0.2) is 0 Å². The third-order valence-electron chi connectivity index (χ3n) is 4.19. The molecule has 1 amide bonds. The first-order chi connectivity index (χ1) is 13.8. The van der Waals surface area contributed by atoms with Gasteiger partial charge in [-0.15, -0.1) is 0 Å². The minimum Gasteiger partial charge on any atom is -0.322 e. The van der Waals surface area contributed by atoms with Gasteiger partial charge in [0.2, 0.25) is 10.0 Å². The highest BCUT2D eigenvalue weighted by atomic mass is 35.5. The van der Waals surface area contributed by atoms with Crippen LogP contribution < -0.4 is 5.32 Å². The standard InChI is InChI=1S/C21H18Cl2N2O3S/c1-25(14-15-5-3-2-4-6-15)29(27,28)20-9-7-16(8-10-20)21(26)24-19-12-17(22)11-18(23)13-19/h2-13H,14H2,1H3,(H,24,26). The second kappa shape index (κ2) is 8.97. The average molecular weight is 449 g/mol. The molecule has 0 heterocycles. The third-order valence-corrected chi connectivity index (χ3v) is 6.45. The first kappa shape index (κ1) is 21.3. The van der Waals surface area contributed by atoms with E-state index in [0.717, 1.165) is 5.56 Å². The van der Waals surface area contributed by atoms with E-state index in [1.165, 1.54) is 35.6 Å². The highest BCUT2D eigenvalue weighted by molar-refractivity contribution is 7.89. The van der Waals surface area contributed by atoms with E-state index in [9.17, 15) is 13.2 Å².